The molecule has 2 aromatic rings. The second kappa shape index (κ2) is 8.20. The molecule has 7 heteroatoms. The first kappa shape index (κ1) is 21.4. The Balaban J connectivity index is 1.91. The lowest BCUT2D eigenvalue weighted by Gasteiger charge is -2.26. The summed E-state index contributed by atoms with van der Waals surface area (Å²) in [6.07, 6.45) is 2.32. The quantitative estimate of drug-likeness (QED) is 0.581. The third-order valence-electron chi connectivity index (χ3n) is 5.12. The summed E-state index contributed by atoms with van der Waals surface area (Å²) in [6, 6.07) is 7.67. The van der Waals surface area contributed by atoms with Gasteiger partial charge in [-0.15, -0.1) is 0 Å². The number of anilines is 2. The summed E-state index contributed by atoms with van der Waals surface area (Å²) in [7, 11) is 1.58. The Labute approximate surface area is 170 Å². The lowest BCUT2D eigenvalue weighted by molar-refractivity contribution is -0.137. The predicted octanol–water partition coefficient (Wildman–Crippen LogP) is 6.49. The van der Waals surface area contributed by atoms with E-state index in [1.54, 1.807) is 27.8 Å². The molecule has 3 rings (SSSR count). The third-order valence-corrected chi connectivity index (χ3v) is 5.12. The van der Waals surface area contributed by atoms with E-state index >= 15 is 0 Å². The number of hydrogen-bond donors (Lipinski definition) is 0. The highest BCUT2D eigenvalue weighted by Crippen LogP contribution is 2.39. The maximum Gasteiger partial charge on any atom is 0.421 e. The molecular weight excluding hydrogens is 379 g/mol. The van der Waals surface area contributed by atoms with Crippen molar-refractivity contribution in [2.45, 2.75) is 70.6 Å². The summed E-state index contributed by atoms with van der Waals surface area (Å²) in [5.74, 6) is 0.317. The van der Waals surface area contributed by atoms with E-state index in [0.717, 1.165) is 6.20 Å². The molecule has 0 N–H and O–H groups in total. The van der Waals surface area contributed by atoms with Crippen molar-refractivity contribution in [3.63, 3.8) is 0 Å². The minimum Gasteiger partial charge on any atom is -0.458 e. The molecule has 1 heterocycles. The molecule has 1 aromatic heterocycles. The van der Waals surface area contributed by atoms with Gasteiger partial charge in [-0.25, -0.2) is 4.98 Å². The van der Waals surface area contributed by atoms with E-state index in [2.05, 4.69) is 9.97 Å². The van der Waals surface area contributed by atoms with E-state index in [1.807, 2.05) is 24.3 Å². The smallest absolute Gasteiger partial charge is 0.421 e. The standard InChI is InChI=1S/C22H28F3N3O/c1-21(2,3)29-20-26-14-18(22(23,24)25)19(27-20)28(4)17-12-10-16(11-13-17)15-8-6-5-7-9-15/h10-15H,5-9H2,1-4H3. The molecule has 1 fully saturated rings. The molecule has 0 aliphatic heterocycles. The number of nitrogens with zero attached hydrogens (tertiary/aromatic N) is 3. The van der Waals surface area contributed by atoms with Gasteiger partial charge < -0.3 is 9.64 Å². The second-order valence-electron chi connectivity index (χ2n) is 8.59. The van der Waals surface area contributed by atoms with Gasteiger partial charge >= 0.3 is 12.2 Å². The normalized spacial score (nSPS) is 16.0. The molecule has 0 unspecified atom stereocenters. The molecule has 1 saturated carbocycles. The average molecular weight is 407 g/mol. The van der Waals surface area contributed by atoms with Gasteiger partial charge in [-0.2, -0.15) is 18.2 Å². The first-order valence-electron chi connectivity index (χ1n) is 10.0. The summed E-state index contributed by atoms with van der Waals surface area (Å²) in [4.78, 5) is 9.28. The second-order valence-corrected chi connectivity index (χ2v) is 8.59. The van der Waals surface area contributed by atoms with Gasteiger partial charge in [-0.3, -0.25) is 0 Å². The first-order chi connectivity index (χ1) is 13.5. The highest BCUT2D eigenvalue weighted by Gasteiger charge is 2.37. The van der Waals surface area contributed by atoms with Crippen LogP contribution in [0.1, 0.15) is 69.9 Å². The maximum atomic E-state index is 13.6. The van der Waals surface area contributed by atoms with Crippen LogP contribution in [0.25, 0.3) is 0 Å². The molecule has 4 nitrogen and oxygen atoms in total. The number of hydrogen-bond acceptors (Lipinski definition) is 4. The van der Waals surface area contributed by atoms with Gasteiger partial charge in [0.25, 0.3) is 0 Å². The zero-order valence-corrected chi connectivity index (χ0v) is 17.4. The van der Waals surface area contributed by atoms with Crippen LogP contribution in [0, 0.1) is 0 Å². The summed E-state index contributed by atoms with van der Waals surface area (Å²) >= 11 is 0. The number of halogens is 3. The van der Waals surface area contributed by atoms with Gasteiger partial charge in [0.2, 0.25) is 0 Å². The maximum absolute atomic E-state index is 13.6. The van der Waals surface area contributed by atoms with Crippen LogP contribution >= 0.6 is 0 Å². The number of rotatable bonds is 4. The fourth-order valence-electron chi connectivity index (χ4n) is 3.66. The molecule has 0 atom stereocenters. The van der Waals surface area contributed by atoms with Crippen LogP contribution in [0.4, 0.5) is 24.7 Å². The molecule has 0 spiro atoms. The molecule has 0 saturated heterocycles. The Morgan fingerprint density at radius 1 is 1.00 bits per heavy atom. The van der Waals surface area contributed by atoms with Crippen LogP contribution in [0.3, 0.4) is 0 Å². The zero-order chi connectivity index (χ0) is 21.2. The fraction of sp³-hybridized carbons (Fsp3) is 0.545. The highest BCUT2D eigenvalue weighted by molar-refractivity contribution is 5.63. The van der Waals surface area contributed by atoms with Crippen molar-refractivity contribution < 1.29 is 17.9 Å². The lowest BCUT2D eigenvalue weighted by Crippen LogP contribution is -2.26. The number of ether oxygens (including phenoxy) is 1. The Morgan fingerprint density at radius 3 is 2.17 bits per heavy atom. The molecule has 1 aromatic carbocycles. The monoisotopic (exact) mass is 407 g/mol. The first-order valence-corrected chi connectivity index (χ1v) is 10.0. The van der Waals surface area contributed by atoms with Crippen LogP contribution in [-0.2, 0) is 6.18 Å². The van der Waals surface area contributed by atoms with Gasteiger partial charge in [-0.1, -0.05) is 31.4 Å². The number of benzene rings is 1. The molecule has 0 amide bonds. The van der Waals surface area contributed by atoms with Crippen molar-refractivity contribution >= 4 is 11.5 Å². The van der Waals surface area contributed by atoms with Crippen molar-refractivity contribution in [1.82, 2.24) is 9.97 Å². The predicted molar refractivity (Wildman–Crippen MR) is 108 cm³/mol. The topological polar surface area (TPSA) is 38.2 Å². The van der Waals surface area contributed by atoms with Crippen molar-refractivity contribution in [2.75, 3.05) is 11.9 Å². The van der Waals surface area contributed by atoms with E-state index in [4.69, 9.17) is 4.74 Å². The Hall–Kier alpha value is -2.31. The van der Waals surface area contributed by atoms with E-state index < -0.39 is 17.3 Å². The van der Waals surface area contributed by atoms with Crippen LogP contribution in [-0.4, -0.2) is 22.6 Å². The van der Waals surface area contributed by atoms with Crippen LogP contribution in [0.5, 0.6) is 6.01 Å². The van der Waals surface area contributed by atoms with E-state index in [9.17, 15) is 13.2 Å². The van der Waals surface area contributed by atoms with Crippen LogP contribution in [0.2, 0.25) is 0 Å². The average Bonchev–Trinajstić information content (AvgIpc) is 2.66. The zero-order valence-electron chi connectivity index (χ0n) is 17.4. The lowest BCUT2D eigenvalue weighted by atomic mass is 9.84. The minimum absolute atomic E-state index is 0.0776. The SMILES string of the molecule is CN(c1ccc(C2CCCCC2)cc1)c1nc(OC(C)(C)C)ncc1C(F)(F)F. The molecule has 1 aliphatic rings. The molecular formula is C22H28F3N3O. The number of aromatic nitrogens is 2. The number of alkyl halides is 3. The van der Waals surface area contributed by atoms with Crippen molar-refractivity contribution in [3.05, 3.63) is 41.6 Å². The minimum atomic E-state index is -4.56. The fourth-order valence-corrected chi connectivity index (χ4v) is 3.66. The Bertz CT molecular complexity index is 823. The molecule has 29 heavy (non-hydrogen) atoms. The van der Waals surface area contributed by atoms with Crippen molar-refractivity contribution in [2.24, 2.45) is 0 Å². The van der Waals surface area contributed by atoms with Gasteiger partial charge in [0.05, 0.1) is 0 Å². The summed E-state index contributed by atoms with van der Waals surface area (Å²) in [5.41, 5.74) is 0.377. The summed E-state index contributed by atoms with van der Waals surface area (Å²) < 4.78 is 46.2. The molecule has 0 bridgehead atoms. The van der Waals surface area contributed by atoms with Crippen molar-refractivity contribution in [1.29, 1.82) is 0 Å². The Morgan fingerprint density at radius 2 is 1.62 bits per heavy atom. The van der Waals surface area contributed by atoms with E-state index in [1.165, 1.54) is 42.6 Å². The van der Waals surface area contributed by atoms with Crippen LogP contribution in [0.15, 0.2) is 30.5 Å². The summed E-state index contributed by atoms with van der Waals surface area (Å²) in [5, 5.41) is 0. The van der Waals surface area contributed by atoms with Crippen LogP contribution < -0.4 is 9.64 Å². The van der Waals surface area contributed by atoms with Gasteiger partial charge in [0, 0.05) is 18.9 Å². The summed E-state index contributed by atoms with van der Waals surface area (Å²) in [6.45, 7) is 5.38. The molecule has 1 aliphatic carbocycles. The van der Waals surface area contributed by atoms with Crippen molar-refractivity contribution in [3.8, 4) is 6.01 Å². The van der Waals surface area contributed by atoms with Gasteiger partial charge in [-0.05, 0) is 57.2 Å². The van der Waals surface area contributed by atoms with Gasteiger partial charge in [0.1, 0.15) is 11.2 Å². The third kappa shape index (κ3) is 5.40. The molecule has 158 valence electrons. The highest BCUT2D eigenvalue weighted by atomic mass is 19.4. The largest absolute Gasteiger partial charge is 0.458 e. The van der Waals surface area contributed by atoms with E-state index in [-0.39, 0.29) is 11.8 Å². The Kier molecular flexibility index (Phi) is 6.05. The van der Waals surface area contributed by atoms with Gasteiger partial charge in [0.15, 0.2) is 5.82 Å². The molecule has 0 radical (unpaired) electrons. The van der Waals surface area contributed by atoms with E-state index in [0.29, 0.717) is 11.6 Å².